The number of rotatable bonds is 6. The molecule has 0 aliphatic heterocycles. The van der Waals surface area contributed by atoms with Crippen molar-refractivity contribution in [1.29, 1.82) is 21.0 Å². The molecular weight excluding hydrogens is 668 g/mol. The second-order valence-corrected chi connectivity index (χ2v) is 11.5. The molecule has 2 heterocycles. The van der Waals surface area contributed by atoms with Gasteiger partial charge in [0, 0.05) is 33.4 Å². The van der Waals surface area contributed by atoms with Crippen LogP contribution < -0.4 is 0 Å². The smallest absolute Gasteiger partial charge is 0.162 e. The van der Waals surface area contributed by atoms with Crippen LogP contribution >= 0.6 is 0 Å². The first-order chi connectivity index (χ1) is 25.2. The van der Waals surface area contributed by atoms with Crippen molar-refractivity contribution in [3.8, 4) is 69.3 Å². The van der Waals surface area contributed by atoms with Crippen molar-refractivity contribution in [2.45, 2.75) is 11.8 Å². The molecule has 0 amide bonds. The van der Waals surface area contributed by atoms with Crippen LogP contribution in [0, 0.1) is 68.6 Å². The number of hydrogen-bond acceptors (Lipinski definition) is 8. The summed E-state index contributed by atoms with van der Waals surface area (Å²) in [7, 11) is 0. The van der Waals surface area contributed by atoms with Gasteiger partial charge in [0.25, 0.3) is 0 Å². The van der Waals surface area contributed by atoms with E-state index in [-0.39, 0.29) is 56.0 Å². The maximum Gasteiger partial charge on any atom is 0.162 e. The zero-order valence-electron chi connectivity index (χ0n) is 26.5. The number of nitriles is 4. The summed E-state index contributed by atoms with van der Waals surface area (Å²) in [6.45, 7) is 0. The molecule has 0 saturated carbocycles. The molecule has 5 aromatic carbocycles. The van der Waals surface area contributed by atoms with Crippen molar-refractivity contribution in [1.82, 2.24) is 19.9 Å². The van der Waals surface area contributed by atoms with Crippen LogP contribution in [-0.2, 0) is 0 Å². The van der Waals surface area contributed by atoms with E-state index in [1.165, 1.54) is 97.1 Å². The normalized spacial score (nSPS) is 11.0. The number of hydrogen-bond donors (Lipinski definition) is 0. The molecule has 0 N–H and O–H groups in total. The van der Waals surface area contributed by atoms with Gasteiger partial charge in [0.2, 0.25) is 0 Å². The fourth-order valence-electron chi connectivity index (χ4n) is 5.95. The van der Waals surface area contributed by atoms with Gasteiger partial charge in [-0.15, -0.1) is 0 Å². The highest BCUT2D eigenvalue weighted by Crippen LogP contribution is 2.43. The van der Waals surface area contributed by atoms with Crippen molar-refractivity contribution in [2.75, 3.05) is 0 Å². The van der Waals surface area contributed by atoms with Crippen LogP contribution in [0.4, 0.5) is 17.6 Å². The van der Waals surface area contributed by atoms with Crippen LogP contribution in [0.2, 0.25) is 0 Å². The fourth-order valence-corrected chi connectivity index (χ4v) is 5.95. The van der Waals surface area contributed by atoms with Crippen LogP contribution in [0.25, 0.3) is 67.1 Å². The summed E-state index contributed by atoms with van der Waals surface area (Å²) in [5, 5.41) is 41.2. The minimum atomic E-state index is -1.54. The summed E-state index contributed by atoms with van der Waals surface area (Å²) in [5.74, 6) is -5.21. The third-order valence-electron chi connectivity index (χ3n) is 8.38. The average Bonchev–Trinajstić information content (AvgIpc) is 3.16. The molecule has 12 heteroatoms. The molecule has 0 bridgehead atoms. The van der Waals surface area contributed by atoms with E-state index in [9.17, 15) is 38.6 Å². The van der Waals surface area contributed by atoms with Gasteiger partial charge in [-0.2, -0.15) is 21.0 Å². The third kappa shape index (κ3) is 5.77. The van der Waals surface area contributed by atoms with Crippen molar-refractivity contribution in [3.05, 3.63) is 131 Å². The van der Waals surface area contributed by atoms with Crippen molar-refractivity contribution in [3.63, 3.8) is 0 Å². The van der Waals surface area contributed by atoms with Gasteiger partial charge in [-0.1, -0.05) is 0 Å². The van der Waals surface area contributed by atoms with E-state index in [4.69, 9.17) is 19.9 Å². The average molecular weight is 687 g/mol. The Bertz CT molecular complexity index is 2330. The highest BCUT2D eigenvalue weighted by atomic mass is 19.1. The Kier molecular flexibility index (Phi) is 8.50. The molecule has 0 atom stereocenters. The van der Waals surface area contributed by atoms with Crippen molar-refractivity contribution < 1.29 is 17.6 Å². The van der Waals surface area contributed by atoms with E-state index in [2.05, 4.69) is 0 Å². The molecule has 0 fully saturated rings. The Hall–Kier alpha value is -7.54. The summed E-state index contributed by atoms with van der Waals surface area (Å²) in [4.78, 5) is 19.6. The van der Waals surface area contributed by atoms with Gasteiger partial charge in [0.05, 0.1) is 69.1 Å². The molecule has 0 aliphatic rings. The minimum Gasteiger partial charge on any atom is -0.243 e. The molecule has 8 nitrogen and oxygen atoms in total. The lowest BCUT2D eigenvalue weighted by atomic mass is 9.89. The number of benzene rings is 5. The Morgan fingerprint density at radius 3 is 0.712 bits per heavy atom. The van der Waals surface area contributed by atoms with Gasteiger partial charge >= 0.3 is 0 Å². The van der Waals surface area contributed by atoms with Crippen LogP contribution in [0.5, 0.6) is 0 Å². The summed E-state index contributed by atoms with van der Waals surface area (Å²) in [6, 6.07) is 29.0. The predicted octanol–water partition coefficient (Wildman–Crippen LogP) is 9.06. The summed E-state index contributed by atoms with van der Waals surface area (Å²) in [6.07, 6.45) is 0. The first kappa shape index (κ1) is 33.0. The largest absolute Gasteiger partial charge is 0.243 e. The van der Waals surface area contributed by atoms with Crippen LogP contribution in [-0.4, -0.2) is 19.9 Å². The SMILES string of the molecule is N#CC(C#N)c1c2nc(-c3ccc(F)cc3)c(-c3ccc(F)cc3)nc2c(C(C#N)C#N)c2nc(-c3ccc(F)cc3)c(-c3ccc(F)cc3)nc12. The van der Waals surface area contributed by atoms with E-state index in [1.807, 2.05) is 24.3 Å². The van der Waals surface area contributed by atoms with E-state index in [0.29, 0.717) is 22.3 Å². The molecule has 0 unspecified atom stereocenters. The quantitative estimate of drug-likeness (QED) is 0.124. The Labute approximate surface area is 292 Å². The second kappa shape index (κ2) is 13.4. The Morgan fingerprint density at radius 2 is 0.538 bits per heavy atom. The lowest BCUT2D eigenvalue weighted by Crippen LogP contribution is -2.10. The number of halogens is 4. The molecule has 0 radical (unpaired) electrons. The summed E-state index contributed by atoms with van der Waals surface area (Å²) < 4.78 is 56.4. The molecule has 52 heavy (non-hydrogen) atoms. The number of nitrogens with zero attached hydrogens (tertiary/aromatic N) is 8. The van der Waals surface area contributed by atoms with Crippen molar-refractivity contribution >= 4 is 22.1 Å². The molecule has 2 aromatic heterocycles. The molecule has 0 spiro atoms. The zero-order valence-corrected chi connectivity index (χ0v) is 26.5. The molecule has 0 aliphatic carbocycles. The van der Waals surface area contributed by atoms with Gasteiger partial charge in [-0.3, -0.25) is 0 Å². The standard InChI is InChI=1S/C40H18F4N8/c41-27-9-1-21(2-10-27)33-34(22-3-11-28(42)12-4-22)50-38-32(26(19-47)20-48)40-39(31(37(38)49-33)25(17-45)18-46)51-35(23-5-13-29(43)14-6-23)36(52-40)24-7-15-30(44)16-8-24/h1-16,25-26H. The molecule has 7 rings (SSSR count). The lowest BCUT2D eigenvalue weighted by Gasteiger charge is -2.20. The molecule has 246 valence electrons. The first-order valence-corrected chi connectivity index (χ1v) is 15.5. The summed E-state index contributed by atoms with van der Waals surface area (Å²) in [5.41, 5.74) is 1.75. The minimum absolute atomic E-state index is 0.0450. The maximum absolute atomic E-state index is 14.1. The maximum atomic E-state index is 14.1. The van der Waals surface area contributed by atoms with Crippen LogP contribution in [0.15, 0.2) is 97.1 Å². The Balaban J connectivity index is 1.73. The van der Waals surface area contributed by atoms with E-state index < -0.39 is 35.1 Å². The van der Waals surface area contributed by atoms with Gasteiger partial charge < -0.3 is 0 Å². The van der Waals surface area contributed by atoms with Crippen molar-refractivity contribution in [2.24, 2.45) is 0 Å². The number of aromatic nitrogens is 4. The molecule has 0 saturated heterocycles. The zero-order chi connectivity index (χ0) is 36.5. The van der Waals surface area contributed by atoms with Gasteiger partial charge in [-0.05, 0) is 97.1 Å². The molecular formula is C40H18F4N8. The first-order valence-electron chi connectivity index (χ1n) is 15.5. The van der Waals surface area contributed by atoms with E-state index >= 15 is 0 Å². The lowest BCUT2D eigenvalue weighted by molar-refractivity contribution is 0.627. The van der Waals surface area contributed by atoms with Crippen LogP contribution in [0.1, 0.15) is 23.0 Å². The van der Waals surface area contributed by atoms with Gasteiger partial charge in [0.15, 0.2) is 11.8 Å². The van der Waals surface area contributed by atoms with E-state index in [1.54, 1.807) is 0 Å². The van der Waals surface area contributed by atoms with Crippen LogP contribution in [0.3, 0.4) is 0 Å². The number of fused-ring (bicyclic) bond motifs is 2. The topological polar surface area (TPSA) is 147 Å². The summed E-state index contributed by atoms with van der Waals surface area (Å²) >= 11 is 0. The van der Waals surface area contributed by atoms with Gasteiger partial charge in [0.1, 0.15) is 23.3 Å². The fraction of sp³-hybridized carbons (Fsp3) is 0.0500. The highest BCUT2D eigenvalue weighted by molar-refractivity contribution is 6.05. The highest BCUT2D eigenvalue weighted by Gasteiger charge is 2.31. The third-order valence-corrected chi connectivity index (χ3v) is 8.38. The van der Waals surface area contributed by atoms with E-state index in [0.717, 1.165) is 0 Å². The Morgan fingerprint density at radius 1 is 0.346 bits per heavy atom. The monoisotopic (exact) mass is 686 g/mol. The second-order valence-electron chi connectivity index (χ2n) is 11.5. The predicted molar refractivity (Wildman–Crippen MR) is 182 cm³/mol. The van der Waals surface area contributed by atoms with Gasteiger partial charge in [-0.25, -0.2) is 37.5 Å². The molecule has 7 aromatic rings.